The van der Waals surface area contributed by atoms with Gasteiger partial charge in [0.25, 0.3) is 5.91 Å². The summed E-state index contributed by atoms with van der Waals surface area (Å²) in [5, 5.41) is 2.97. The van der Waals surface area contributed by atoms with Gasteiger partial charge in [-0.05, 0) is 49.2 Å². The molecular formula is C28H29N3O3. The zero-order valence-corrected chi connectivity index (χ0v) is 19.4. The first kappa shape index (κ1) is 23.2. The molecule has 0 aliphatic heterocycles. The minimum atomic E-state index is -0.0797. The number of rotatable bonds is 11. The predicted octanol–water partition coefficient (Wildman–Crippen LogP) is 5.07. The zero-order chi connectivity index (χ0) is 23.8. The second kappa shape index (κ2) is 11.3. The number of unbranched alkanes of at least 4 members (excludes halogenated alkanes) is 2. The monoisotopic (exact) mass is 455 g/mol. The number of carbonyl (C=O) groups is 2. The molecule has 4 rings (SSSR count). The molecule has 0 spiro atoms. The summed E-state index contributed by atoms with van der Waals surface area (Å²) in [5.41, 5.74) is 3.22. The minimum absolute atomic E-state index is 0.0752. The number of nitrogens with zero attached hydrogens (tertiary/aromatic N) is 2. The highest BCUT2D eigenvalue weighted by atomic mass is 16.5. The van der Waals surface area contributed by atoms with Crippen molar-refractivity contribution in [3.63, 3.8) is 0 Å². The van der Waals surface area contributed by atoms with Crippen LogP contribution in [-0.2, 0) is 13.0 Å². The number of para-hydroxylation sites is 2. The Kier molecular flexibility index (Phi) is 7.71. The van der Waals surface area contributed by atoms with Crippen molar-refractivity contribution in [3.05, 3.63) is 95.8 Å². The molecule has 3 aromatic carbocycles. The number of benzene rings is 3. The van der Waals surface area contributed by atoms with Gasteiger partial charge < -0.3 is 14.6 Å². The molecule has 6 heteroatoms. The normalized spacial score (nSPS) is 10.9. The van der Waals surface area contributed by atoms with Crippen LogP contribution in [0.4, 0.5) is 0 Å². The highest BCUT2D eigenvalue weighted by Gasteiger charge is 2.14. The van der Waals surface area contributed by atoms with E-state index in [1.54, 1.807) is 31.4 Å². The Bertz CT molecular complexity index is 1250. The number of methoxy groups -OCH3 is 1. The number of ketones is 1. The summed E-state index contributed by atoms with van der Waals surface area (Å²) in [4.78, 5) is 29.9. The Morgan fingerprint density at radius 2 is 1.59 bits per heavy atom. The number of imidazole rings is 1. The van der Waals surface area contributed by atoms with E-state index in [1.807, 2.05) is 59.2 Å². The molecule has 0 aliphatic rings. The van der Waals surface area contributed by atoms with Gasteiger partial charge in [-0.2, -0.15) is 0 Å². The Labute approximate surface area is 199 Å². The maximum Gasteiger partial charge on any atom is 0.251 e. The average Bonchev–Trinajstić information content (AvgIpc) is 3.23. The van der Waals surface area contributed by atoms with Crippen LogP contribution in [0, 0.1) is 0 Å². The van der Waals surface area contributed by atoms with Crippen molar-refractivity contribution in [2.45, 2.75) is 32.2 Å². The van der Waals surface area contributed by atoms with Crippen LogP contribution in [0.3, 0.4) is 0 Å². The van der Waals surface area contributed by atoms with Gasteiger partial charge in [-0.1, -0.05) is 48.9 Å². The van der Waals surface area contributed by atoms with Crippen molar-refractivity contribution in [1.82, 2.24) is 14.9 Å². The Morgan fingerprint density at radius 3 is 2.35 bits per heavy atom. The van der Waals surface area contributed by atoms with E-state index in [4.69, 9.17) is 9.72 Å². The Hall–Kier alpha value is -3.93. The summed E-state index contributed by atoms with van der Waals surface area (Å²) in [6, 6.07) is 24.4. The van der Waals surface area contributed by atoms with Gasteiger partial charge in [0.2, 0.25) is 0 Å². The molecular weight excluding hydrogens is 426 g/mol. The maximum absolute atomic E-state index is 12.8. The molecule has 6 nitrogen and oxygen atoms in total. The number of aromatic nitrogens is 2. The topological polar surface area (TPSA) is 73.2 Å². The van der Waals surface area contributed by atoms with E-state index in [9.17, 15) is 9.59 Å². The second-order valence-corrected chi connectivity index (χ2v) is 8.19. The van der Waals surface area contributed by atoms with E-state index in [0.717, 1.165) is 48.3 Å². The smallest absolute Gasteiger partial charge is 0.251 e. The number of amides is 1. The van der Waals surface area contributed by atoms with E-state index >= 15 is 0 Å². The molecule has 1 amide bonds. The number of Topliss-reactive ketones (excluding diaryl/α,β-unsaturated/α-hetero) is 1. The fourth-order valence-corrected chi connectivity index (χ4v) is 3.98. The molecule has 0 atom stereocenters. The molecule has 0 saturated heterocycles. The maximum atomic E-state index is 12.8. The van der Waals surface area contributed by atoms with Gasteiger partial charge in [0.15, 0.2) is 5.78 Å². The summed E-state index contributed by atoms with van der Waals surface area (Å²) >= 11 is 0. The van der Waals surface area contributed by atoms with Crippen LogP contribution in [0.2, 0.25) is 0 Å². The summed E-state index contributed by atoms with van der Waals surface area (Å²) in [6.07, 6.45) is 3.55. The van der Waals surface area contributed by atoms with E-state index in [2.05, 4.69) is 5.32 Å². The molecule has 0 unspecified atom stereocenters. The van der Waals surface area contributed by atoms with Crippen LogP contribution in [0.5, 0.6) is 5.75 Å². The Balaban J connectivity index is 1.30. The van der Waals surface area contributed by atoms with Gasteiger partial charge in [-0.25, -0.2) is 4.98 Å². The lowest BCUT2D eigenvalue weighted by atomic mass is 10.1. The van der Waals surface area contributed by atoms with E-state index in [-0.39, 0.29) is 18.2 Å². The fraction of sp³-hybridized carbons (Fsp3) is 0.250. The number of ether oxygens (including phenoxy) is 1. The SMILES string of the molecule is COc1ccc(C(=O)NCCCCCc2nc3ccccc3n2CC(=O)c2ccccc2)cc1. The zero-order valence-electron chi connectivity index (χ0n) is 19.4. The highest BCUT2D eigenvalue weighted by Crippen LogP contribution is 2.19. The van der Waals surface area contributed by atoms with Crippen LogP contribution >= 0.6 is 0 Å². The lowest BCUT2D eigenvalue weighted by molar-refractivity contribution is 0.0950. The van der Waals surface area contributed by atoms with Crippen LogP contribution in [-0.4, -0.2) is 34.9 Å². The molecule has 0 aliphatic carbocycles. The van der Waals surface area contributed by atoms with Crippen LogP contribution < -0.4 is 10.1 Å². The van der Waals surface area contributed by atoms with Gasteiger partial charge >= 0.3 is 0 Å². The van der Waals surface area contributed by atoms with Gasteiger partial charge in [0.05, 0.1) is 24.7 Å². The third-order valence-electron chi connectivity index (χ3n) is 5.85. The Morgan fingerprint density at radius 1 is 0.853 bits per heavy atom. The number of hydrogen-bond donors (Lipinski definition) is 1. The molecule has 0 bridgehead atoms. The van der Waals surface area contributed by atoms with Crippen molar-refractivity contribution in [2.24, 2.45) is 0 Å². The molecule has 34 heavy (non-hydrogen) atoms. The third kappa shape index (κ3) is 5.70. The number of aryl methyl sites for hydroxylation is 1. The fourth-order valence-electron chi connectivity index (χ4n) is 3.98. The van der Waals surface area contributed by atoms with Crippen molar-refractivity contribution in [1.29, 1.82) is 0 Å². The summed E-state index contributed by atoms with van der Waals surface area (Å²) in [7, 11) is 1.60. The molecule has 1 aromatic heterocycles. The first-order chi connectivity index (χ1) is 16.7. The number of fused-ring (bicyclic) bond motifs is 1. The first-order valence-corrected chi connectivity index (χ1v) is 11.6. The van der Waals surface area contributed by atoms with Gasteiger partial charge in [0, 0.05) is 24.1 Å². The van der Waals surface area contributed by atoms with Crippen molar-refractivity contribution < 1.29 is 14.3 Å². The summed E-state index contributed by atoms with van der Waals surface area (Å²) < 4.78 is 7.16. The largest absolute Gasteiger partial charge is 0.497 e. The standard InChI is InChI=1S/C28H29N3O3/c1-34-23-17-15-22(16-18-23)28(33)29-19-9-3-6-14-27-30-24-12-7-8-13-25(24)31(27)20-26(32)21-10-4-2-5-11-21/h2,4-5,7-8,10-13,15-18H,3,6,9,14,19-20H2,1H3,(H,29,33). The highest BCUT2D eigenvalue weighted by molar-refractivity contribution is 5.96. The van der Waals surface area contributed by atoms with Gasteiger partial charge in [-0.15, -0.1) is 0 Å². The number of nitrogens with one attached hydrogen (secondary N) is 1. The second-order valence-electron chi connectivity index (χ2n) is 8.19. The van der Waals surface area contributed by atoms with E-state index in [0.29, 0.717) is 17.7 Å². The number of hydrogen-bond acceptors (Lipinski definition) is 4. The van der Waals surface area contributed by atoms with Crippen molar-refractivity contribution in [3.8, 4) is 5.75 Å². The van der Waals surface area contributed by atoms with Gasteiger partial charge in [0.1, 0.15) is 11.6 Å². The molecule has 0 fully saturated rings. The quantitative estimate of drug-likeness (QED) is 0.253. The summed E-state index contributed by atoms with van der Waals surface area (Å²) in [5.74, 6) is 1.65. The molecule has 1 heterocycles. The van der Waals surface area contributed by atoms with Crippen molar-refractivity contribution >= 4 is 22.7 Å². The molecule has 1 N–H and O–H groups in total. The third-order valence-corrected chi connectivity index (χ3v) is 5.85. The van der Waals surface area contributed by atoms with Gasteiger partial charge in [-0.3, -0.25) is 9.59 Å². The number of carbonyl (C=O) groups excluding carboxylic acids is 2. The lowest BCUT2D eigenvalue weighted by Crippen LogP contribution is -2.24. The van der Waals surface area contributed by atoms with Crippen LogP contribution in [0.15, 0.2) is 78.9 Å². The lowest BCUT2D eigenvalue weighted by Gasteiger charge is -2.09. The molecule has 0 radical (unpaired) electrons. The first-order valence-electron chi connectivity index (χ1n) is 11.6. The van der Waals surface area contributed by atoms with E-state index < -0.39 is 0 Å². The molecule has 4 aromatic rings. The summed E-state index contributed by atoms with van der Waals surface area (Å²) in [6.45, 7) is 0.894. The predicted molar refractivity (Wildman–Crippen MR) is 133 cm³/mol. The molecule has 174 valence electrons. The average molecular weight is 456 g/mol. The van der Waals surface area contributed by atoms with Crippen LogP contribution in [0.25, 0.3) is 11.0 Å². The van der Waals surface area contributed by atoms with Crippen molar-refractivity contribution in [2.75, 3.05) is 13.7 Å². The van der Waals surface area contributed by atoms with E-state index in [1.165, 1.54) is 0 Å². The molecule has 0 saturated carbocycles. The van der Waals surface area contributed by atoms with Crippen LogP contribution in [0.1, 0.15) is 45.8 Å². The minimum Gasteiger partial charge on any atom is -0.497 e.